The zero-order valence-corrected chi connectivity index (χ0v) is 16.4. The Morgan fingerprint density at radius 3 is 2.29 bits per heavy atom. The van der Waals surface area contributed by atoms with Crippen molar-refractivity contribution >= 4 is 10.8 Å². The summed E-state index contributed by atoms with van der Waals surface area (Å²) in [5.41, 5.74) is 7.51. The Labute approximate surface area is 167 Å². The molecule has 2 fully saturated rings. The molecule has 0 saturated heterocycles. The number of nitrogens with one attached hydrogen (secondary N) is 1. The molecule has 0 atom stereocenters. The second kappa shape index (κ2) is 6.24. The second-order valence-electron chi connectivity index (χ2n) is 8.92. The molecule has 0 radical (unpaired) electrons. The number of rotatable bonds is 3. The molecule has 1 heterocycles. The van der Waals surface area contributed by atoms with Crippen LogP contribution in [0.25, 0.3) is 33.2 Å². The van der Waals surface area contributed by atoms with Crippen molar-refractivity contribution in [3.05, 3.63) is 72.4 Å². The van der Waals surface area contributed by atoms with Gasteiger partial charge in [-0.3, -0.25) is 0 Å². The van der Waals surface area contributed by atoms with E-state index in [9.17, 15) is 0 Å². The monoisotopic (exact) mass is 365 g/mol. The Hall–Kier alpha value is -2.54. The van der Waals surface area contributed by atoms with Gasteiger partial charge in [0, 0.05) is 17.2 Å². The number of H-pyrrole nitrogens is 1. The summed E-state index contributed by atoms with van der Waals surface area (Å²) in [6, 6.07) is 22.4. The molecule has 140 valence electrons. The first-order chi connectivity index (χ1) is 13.9. The van der Waals surface area contributed by atoms with Gasteiger partial charge in [-0.05, 0) is 65.1 Å². The number of pyridine rings is 1. The van der Waals surface area contributed by atoms with E-state index in [-0.39, 0.29) is 0 Å². The number of hydrogen-bond donors (Lipinski definition) is 1. The fourth-order valence-corrected chi connectivity index (χ4v) is 6.31. The Morgan fingerprint density at radius 2 is 1.54 bits per heavy atom. The third-order valence-corrected chi connectivity index (χ3v) is 7.67. The molecule has 2 aromatic rings. The van der Waals surface area contributed by atoms with E-state index in [4.69, 9.17) is 0 Å². The van der Waals surface area contributed by atoms with E-state index < -0.39 is 0 Å². The Bertz CT molecular complexity index is 1090. The number of aromatic nitrogens is 1. The topological polar surface area (TPSA) is 15.8 Å². The largest absolute Gasteiger partial charge is 0.361 e. The van der Waals surface area contributed by atoms with E-state index in [1.54, 1.807) is 5.56 Å². The van der Waals surface area contributed by atoms with Gasteiger partial charge in [0.25, 0.3) is 0 Å². The van der Waals surface area contributed by atoms with Gasteiger partial charge in [-0.25, -0.2) is 0 Å². The van der Waals surface area contributed by atoms with Gasteiger partial charge in [-0.2, -0.15) is 0 Å². The molecule has 3 aliphatic carbocycles. The lowest BCUT2D eigenvalue weighted by Crippen LogP contribution is -2.41. The highest BCUT2D eigenvalue weighted by Gasteiger charge is 2.49. The molecular weight excluding hydrogens is 338 g/mol. The summed E-state index contributed by atoms with van der Waals surface area (Å²) in [5.74, 6) is 0.865. The van der Waals surface area contributed by atoms with Crippen LogP contribution in [0.15, 0.2) is 66.9 Å². The molecular formula is C27H27N. The number of aromatic amines is 1. The summed E-state index contributed by atoms with van der Waals surface area (Å²) in [5, 5.41) is 2.94. The summed E-state index contributed by atoms with van der Waals surface area (Å²) in [6.07, 6.45) is 11.9. The normalized spacial score (nSPS) is 19.3. The predicted molar refractivity (Wildman–Crippen MR) is 118 cm³/mol. The minimum absolute atomic E-state index is 0.393. The van der Waals surface area contributed by atoms with Crippen molar-refractivity contribution in [3.63, 3.8) is 0 Å². The molecule has 2 saturated carbocycles. The maximum atomic E-state index is 3.68. The summed E-state index contributed by atoms with van der Waals surface area (Å²) in [6.45, 7) is 0. The highest BCUT2D eigenvalue weighted by Crippen LogP contribution is 2.59. The first-order valence-corrected chi connectivity index (χ1v) is 11.0. The SMILES string of the molecule is c1ccc(-c2cccc3c(C4(C5CCCC5)CCC4)c4[nH]cccc-4c23)cc1. The van der Waals surface area contributed by atoms with E-state index in [0.29, 0.717) is 5.41 Å². The van der Waals surface area contributed by atoms with Crippen LogP contribution in [-0.2, 0) is 5.41 Å². The molecule has 0 aromatic heterocycles. The third-order valence-electron chi connectivity index (χ3n) is 7.67. The van der Waals surface area contributed by atoms with Gasteiger partial charge in [-0.1, -0.05) is 73.9 Å². The molecule has 2 aromatic carbocycles. The zero-order chi connectivity index (χ0) is 18.6. The third kappa shape index (κ3) is 2.19. The summed E-state index contributed by atoms with van der Waals surface area (Å²) >= 11 is 0. The second-order valence-corrected chi connectivity index (χ2v) is 8.92. The average molecular weight is 366 g/mol. The average Bonchev–Trinajstić information content (AvgIpc) is 3.36. The molecule has 1 heteroatoms. The van der Waals surface area contributed by atoms with Crippen LogP contribution in [0.1, 0.15) is 50.5 Å². The van der Waals surface area contributed by atoms with Crippen LogP contribution in [0.2, 0.25) is 0 Å². The first kappa shape index (κ1) is 16.4. The van der Waals surface area contributed by atoms with Crippen molar-refractivity contribution in [2.45, 2.75) is 50.4 Å². The molecule has 1 N–H and O–H groups in total. The fraction of sp³-hybridized carbons (Fsp3) is 0.333. The predicted octanol–water partition coefficient (Wildman–Crippen LogP) is 7.55. The van der Waals surface area contributed by atoms with Gasteiger partial charge >= 0.3 is 0 Å². The van der Waals surface area contributed by atoms with E-state index in [1.807, 2.05) is 0 Å². The molecule has 0 amide bonds. The van der Waals surface area contributed by atoms with Crippen LogP contribution < -0.4 is 0 Å². The number of benzene rings is 2. The van der Waals surface area contributed by atoms with E-state index in [0.717, 1.165) is 5.92 Å². The molecule has 4 aliphatic rings. The van der Waals surface area contributed by atoms with E-state index >= 15 is 0 Å². The molecule has 28 heavy (non-hydrogen) atoms. The van der Waals surface area contributed by atoms with Crippen molar-refractivity contribution < 1.29 is 0 Å². The smallest absolute Gasteiger partial charge is 0.0504 e. The van der Waals surface area contributed by atoms with E-state index in [1.165, 1.54) is 78.1 Å². The lowest BCUT2D eigenvalue weighted by Gasteiger charge is -2.48. The summed E-state index contributed by atoms with van der Waals surface area (Å²) < 4.78 is 0. The van der Waals surface area contributed by atoms with Crippen LogP contribution >= 0.6 is 0 Å². The lowest BCUT2D eigenvalue weighted by atomic mass is 9.56. The molecule has 1 aliphatic heterocycles. The molecule has 6 rings (SSSR count). The van der Waals surface area contributed by atoms with Crippen LogP contribution in [0, 0.1) is 5.92 Å². The van der Waals surface area contributed by atoms with Crippen LogP contribution in [-0.4, -0.2) is 4.98 Å². The molecule has 0 unspecified atom stereocenters. The maximum Gasteiger partial charge on any atom is 0.0504 e. The lowest BCUT2D eigenvalue weighted by molar-refractivity contribution is 0.150. The minimum Gasteiger partial charge on any atom is -0.361 e. The molecule has 0 spiro atoms. The van der Waals surface area contributed by atoms with E-state index in [2.05, 4.69) is 71.8 Å². The van der Waals surface area contributed by atoms with Crippen LogP contribution in [0.3, 0.4) is 0 Å². The van der Waals surface area contributed by atoms with Gasteiger partial charge in [0.05, 0.1) is 5.69 Å². The Balaban J connectivity index is 1.68. The van der Waals surface area contributed by atoms with Crippen molar-refractivity contribution in [3.8, 4) is 22.4 Å². The minimum atomic E-state index is 0.393. The standard InChI is InChI=1S/C27H27N/c1-2-9-19(10-3-1)21-13-6-14-22-24(21)23-15-7-18-28-26(23)25(22)27(16-8-17-27)20-11-4-5-12-20/h1-3,6-7,9-10,13-15,18,20,28H,4-5,8,11-12,16-17H2. The van der Waals surface area contributed by atoms with Gasteiger partial charge < -0.3 is 4.98 Å². The van der Waals surface area contributed by atoms with Crippen molar-refractivity contribution in [2.75, 3.05) is 0 Å². The summed E-state index contributed by atoms with van der Waals surface area (Å²) in [4.78, 5) is 3.68. The number of hydrogen-bond acceptors (Lipinski definition) is 0. The van der Waals surface area contributed by atoms with Crippen molar-refractivity contribution in [1.29, 1.82) is 0 Å². The Kier molecular flexibility index (Phi) is 3.66. The van der Waals surface area contributed by atoms with Gasteiger partial charge in [0.2, 0.25) is 0 Å². The Morgan fingerprint density at radius 1 is 0.750 bits per heavy atom. The van der Waals surface area contributed by atoms with Crippen molar-refractivity contribution in [2.24, 2.45) is 5.92 Å². The van der Waals surface area contributed by atoms with Crippen LogP contribution in [0.4, 0.5) is 0 Å². The zero-order valence-electron chi connectivity index (χ0n) is 16.4. The first-order valence-electron chi connectivity index (χ1n) is 11.0. The van der Waals surface area contributed by atoms with Gasteiger partial charge in [0.1, 0.15) is 0 Å². The maximum absolute atomic E-state index is 3.68. The highest BCUT2D eigenvalue weighted by molar-refractivity contribution is 6.12. The van der Waals surface area contributed by atoms with Gasteiger partial charge in [0.15, 0.2) is 0 Å². The van der Waals surface area contributed by atoms with Crippen LogP contribution in [0.5, 0.6) is 0 Å². The number of fused-ring (bicyclic) bond motifs is 3. The highest BCUT2D eigenvalue weighted by atomic mass is 14.7. The fourth-order valence-electron chi connectivity index (χ4n) is 6.31. The van der Waals surface area contributed by atoms with Gasteiger partial charge in [-0.15, -0.1) is 0 Å². The summed E-state index contributed by atoms with van der Waals surface area (Å²) in [7, 11) is 0. The quantitative estimate of drug-likeness (QED) is 0.386. The van der Waals surface area contributed by atoms with Crippen molar-refractivity contribution in [1.82, 2.24) is 4.98 Å². The molecule has 0 bridgehead atoms. The molecule has 1 nitrogen and oxygen atoms in total.